The number of carbonyl (C=O) groups excluding carboxylic acids is 1. The molecule has 260 valence electrons. The molecule has 1 amide bonds. The molecule has 5 rings (SSSR count). The molecule has 14 nitrogen and oxygen atoms in total. The summed E-state index contributed by atoms with van der Waals surface area (Å²) < 4.78 is 34.3. The standard InChI is InChI=1S/C32H43ClN8O6S/c1-35-31(43)25-7-3-4-9-27(25)37-30-26(33)21-36-32(38-30)41(17-19-47-48(34,44)45)28-11-10-22-20-23(6-5-8-24(22)29(28)46-2)40-14-12-39(13-15-40)16-18-42/h3-4,7,9-11,21,23,42H,5-6,8,12-20H2,1-2H3,(H,35,43)(H2,34,44,45)(H,36,37,38)/t23-/m0/s1. The number of ether oxygens (including phenoxy) is 1. The predicted octanol–water partition coefficient (Wildman–Crippen LogP) is 2.46. The number of aliphatic hydroxyl groups excluding tert-OH is 1. The number of para-hydroxylation sites is 1. The van der Waals surface area contributed by atoms with Gasteiger partial charge in [-0.05, 0) is 55.0 Å². The highest BCUT2D eigenvalue weighted by molar-refractivity contribution is 7.84. The highest BCUT2D eigenvalue weighted by atomic mass is 35.5. The fourth-order valence-corrected chi connectivity index (χ4v) is 6.88. The van der Waals surface area contributed by atoms with Gasteiger partial charge in [0.2, 0.25) is 5.95 Å². The Kier molecular flexibility index (Phi) is 12.1. The van der Waals surface area contributed by atoms with E-state index in [2.05, 4.69) is 31.5 Å². The number of methoxy groups -OCH3 is 1. The Bertz CT molecular complexity index is 1690. The maximum absolute atomic E-state index is 12.5. The molecule has 0 radical (unpaired) electrons. The summed E-state index contributed by atoms with van der Waals surface area (Å²) in [7, 11) is -1.04. The first kappa shape index (κ1) is 35.7. The van der Waals surface area contributed by atoms with Gasteiger partial charge in [0.15, 0.2) is 5.82 Å². The third-order valence-corrected chi connectivity index (χ3v) is 9.55. The van der Waals surface area contributed by atoms with Crippen molar-refractivity contribution in [3.05, 3.63) is 64.3 Å². The van der Waals surface area contributed by atoms with Crippen molar-refractivity contribution in [1.29, 1.82) is 0 Å². The van der Waals surface area contributed by atoms with Gasteiger partial charge in [0.25, 0.3) is 5.91 Å². The molecular weight excluding hydrogens is 660 g/mol. The van der Waals surface area contributed by atoms with Gasteiger partial charge < -0.3 is 25.4 Å². The second-order valence-electron chi connectivity index (χ2n) is 11.7. The summed E-state index contributed by atoms with van der Waals surface area (Å²) in [6, 6.07) is 11.4. The van der Waals surface area contributed by atoms with Crippen LogP contribution in [0.25, 0.3) is 0 Å². The van der Waals surface area contributed by atoms with E-state index in [1.165, 1.54) is 11.8 Å². The van der Waals surface area contributed by atoms with Crippen molar-refractivity contribution in [3.63, 3.8) is 0 Å². The molecule has 2 heterocycles. The summed E-state index contributed by atoms with van der Waals surface area (Å²) in [5.41, 5.74) is 3.79. The zero-order chi connectivity index (χ0) is 34.3. The maximum atomic E-state index is 12.5. The molecule has 1 saturated heterocycles. The predicted molar refractivity (Wildman–Crippen MR) is 185 cm³/mol. The summed E-state index contributed by atoms with van der Waals surface area (Å²) in [6.07, 6.45) is 5.13. The quantitative estimate of drug-likeness (QED) is 0.192. The molecule has 1 aliphatic carbocycles. The molecule has 0 bridgehead atoms. The number of β-amino-alcohol motifs (C(OH)–C–C–N with tert-alkyl or cyclic N) is 1. The normalized spacial score (nSPS) is 17.3. The van der Waals surface area contributed by atoms with Crippen molar-refractivity contribution in [3.8, 4) is 5.75 Å². The number of rotatable bonds is 13. The van der Waals surface area contributed by atoms with E-state index in [0.717, 1.165) is 57.4 Å². The molecule has 16 heteroatoms. The first-order valence-corrected chi connectivity index (χ1v) is 17.8. The molecule has 0 unspecified atom stereocenters. The van der Waals surface area contributed by atoms with Crippen LogP contribution < -0.4 is 25.4 Å². The molecule has 0 saturated carbocycles. The summed E-state index contributed by atoms with van der Waals surface area (Å²) in [5.74, 6) is 0.801. The Morgan fingerprint density at radius 1 is 1.19 bits per heavy atom. The number of nitrogens with one attached hydrogen (secondary N) is 2. The number of hydrogen-bond acceptors (Lipinski definition) is 12. The monoisotopic (exact) mass is 702 g/mol. The van der Waals surface area contributed by atoms with Gasteiger partial charge in [-0.1, -0.05) is 29.8 Å². The van der Waals surface area contributed by atoms with Crippen molar-refractivity contribution in [2.45, 2.75) is 31.7 Å². The minimum absolute atomic E-state index is 0.0161. The van der Waals surface area contributed by atoms with Crippen molar-refractivity contribution < 1.29 is 27.2 Å². The van der Waals surface area contributed by atoms with Crippen LogP contribution in [0.2, 0.25) is 5.02 Å². The Labute approximate surface area is 286 Å². The van der Waals surface area contributed by atoms with Gasteiger partial charge in [-0.15, -0.1) is 0 Å². The number of aliphatic hydroxyl groups is 1. The highest BCUT2D eigenvalue weighted by Gasteiger charge is 2.29. The zero-order valence-corrected chi connectivity index (χ0v) is 28.8. The molecule has 1 atom stereocenters. The van der Waals surface area contributed by atoms with Gasteiger partial charge in [-0.3, -0.25) is 18.8 Å². The average Bonchev–Trinajstić information content (AvgIpc) is 3.30. The van der Waals surface area contributed by atoms with Crippen LogP contribution in [0, 0.1) is 0 Å². The van der Waals surface area contributed by atoms with E-state index in [1.54, 1.807) is 43.3 Å². The Balaban J connectivity index is 1.47. The van der Waals surface area contributed by atoms with Crippen LogP contribution in [0.1, 0.15) is 34.3 Å². The van der Waals surface area contributed by atoms with Crippen LogP contribution in [0.3, 0.4) is 0 Å². The number of nitrogens with two attached hydrogens (primary N) is 1. The number of piperazine rings is 1. The van der Waals surface area contributed by atoms with Crippen LogP contribution in [0.4, 0.5) is 23.1 Å². The Morgan fingerprint density at radius 3 is 2.67 bits per heavy atom. The molecule has 5 N–H and O–H groups in total. The number of carbonyl (C=O) groups is 1. The molecule has 1 aromatic heterocycles. The van der Waals surface area contributed by atoms with E-state index in [4.69, 9.17) is 30.6 Å². The molecule has 3 aromatic rings. The lowest BCUT2D eigenvalue weighted by atomic mass is 9.98. The number of nitrogens with zero attached hydrogens (tertiary/aromatic N) is 5. The number of hydrogen-bond donors (Lipinski definition) is 4. The van der Waals surface area contributed by atoms with E-state index >= 15 is 0 Å². The third kappa shape index (κ3) is 8.71. The summed E-state index contributed by atoms with van der Waals surface area (Å²) in [4.78, 5) is 28.3. The van der Waals surface area contributed by atoms with Gasteiger partial charge in [-0.25, -0.2) is 10.1 Å². The number of halogens is 1. The van der Waals surface area contributed by atoms with E-state index in [9.17, 15) is 18.3 Å². The van der Waals surface area contributed by atoms with Crippen molar-refractivity contribution in [2.24, 2.45) is 5.14 Å². The van der Waals surface area contributed by atoms with Crippen molar-refractivity contribution in [1.82, 2.24) is 25.1 Å². The molecule has 0 spiro atoms. The van der Waals surface area contributed by atoms with Crippen LogP contribution in [-0.2, 0) is 27.3 Å². The second-order valence-corrected chi connectivity index (χ2v) is 13.3. The van der Waals surface area contributed by atoms with Crippen molar-refractivity contribution in [2.75, 3.05) is 76.9 Å². The number of amides is 1. The average molecular weight is 703 g/mol. The zero-order valence-electron chi connectivity index (χ0n) is 27.2. The van der Waals surface area contributed by atoms with Gasteiger partial charge in [0, 0.05) is 45.8 Å². The third-order valence-electron chi connectivity index (χ3n) is 8.78. The SMILES string of the molecule is CNC(=O)c1ccccc1Nc1nc(N(CCOS(N)(=O)=O)c2ccc3c(c2OC)CCC[C@H](N2CCN(CCO)CC2)C3)ncc1Cl. The van der Waals surface area contributed by atoms with Gasteiger partial charge in [0.05, 0.1) is 50.0 Å². The fourth-order valence-electron chi connectivity index (χ4n) is 6.44. The van der Waals surface area contributed by atoms with Crippen LogP contribution in [0.5, 0.6) is 5.75 Å². The fraction of sp³-hybridized carbons (Fsp3) is 0.469. The highest BCUT2D eigenvalue weighted by Crippen LogP contribution is 2.41. The first-order valence-electron chi connectivity index (χ1n) is 15.9. The number of aromatic nitrogens is 2. The van der Waals surface area contributed by atoms with Gasteiger partial charge >= 0.3 is 10.3 Å². The summed E-state index contributed by atoms with van der Waals surface area (Å²) in [5, 5.41) is 20.5. The summed E-state index contributed by atoms with van der Waals surface area (Å²) >= 11 is 6.53. The number of fused-ring (bicyclic) bond motifs is 1. The molecule has 1 fully saturated rings. The van der Waals surface area contributed by atoms with E-state index in [0.29, 0.717) is 35.3 Å². The topological polar surface area (TPSA) is 175 Å². The number of anilines is 4. The van der Waals surface area contributed by atoms with E-state index in [1.807, 2.05) is 6.07 Å². The first-order chi connectivity index (χ1) is 23.1. The lowest BCUT2D eigenvalue weighted by Gasteiger charge is -2.39. The second kappa shape index (κ2) is 16.2. The summed E-state index contributed by atoms with van der Waals surface area (Å²) in [6.45, 7) is 4.43. The molecule has 48 heavy (non-hydrogen) atoms. The lowest BCUT2D eigenvalue weighted by molar-refractivity contribution is 0.0805. The largest absolute Gasteiger partial charge is 0.494 e. The van der Waals surface area contributed by atoms with Crippen LogP contribution >= 0.6 is 11.6 Å². The Morgan fingerprint density at radius 2 is 1.96 bits per heavy atom. The van der Waals surface area contributed by atoms with Crippen LogP contribution in [-0.4, -0.2) is 112 Å². The van der Waals surface area contributed by atoms with E-state index in [-0.39, 0.29) is 42.5 Å². The van der Waals surface area contributed by atoms with E-state index < -0.39 is 10.3 Å². The molecule has 1 aliphatic heterocycles. The van der Waals surface area contributed by atoms with Gasteiger partial charge in [-0.2, -0.15) is 13.4 Å². The van der Waals surface area contributed by atoms with Crippen LogP contribution in [0.15, 0.2) is 42.6 Å². The molecule has 2 aromatic carbocycles. The number of benzene rings is 2. The lowest BCUT2D eigenvalue weighted by Crippen LogP contribution is -2.51. The van der Waals surface area contributed by atoms with Gasteiger partial charge in [0.1, 0.15) is 10.8 Å². The molecular formula is C32H43ClN8O6S. The van der Waals surface area contributed by atoms with Crippen molar-refractivity contribution >= 4 is 51.0 Å². The maximum Gasteiger partial charge on any atom is 0.333 e. The molecule has 2 aliphatic rings. The smallest absolute Gasteiger partial charge is 0.333 e. The minimum Gasteiger partial charge on any atom is -0.494 e. The minimum atomic E-state index is -4.20. The Hall–Kier alpha value is -3.57.